The summed E-state index contributed by atoms with van der Waals surface area (Å²) in [5.74, 6) is -3.43. The van der Waals surface area contributed by atoms with Gasteiger partial charge in [0.1, 0.15) is 11.4 Å². The lowest BCUT2D eigenvalue weighted by Gasteiger charge is -2.18. The van der Waals surface area contributed by atoms with E-state index in [1.54, 1.807) is 0 Å². The maximum Gasteiger partial charge on any atom is 0.337 e. The number of hydrogen-bond donors (Lipinski definition) is 3. The van der Waals surface area contributed by atoms with Gasteiger partial charge in [-0.25, -0.2) is 9.18 Å². The van der Waals surface area contributed by atoms with Gasteiger partial charge in [0.2, 0.25) is 0 Å². The Kier molecular flexibility index (Phi) is 4.35. The number of amides is 1. The summed E-state index contributed by atoms with van der Waals surface area (Å²) < 4.78 is 12.9. The third-order valence-electron chi connectivity index (χ3n) is 2.46. The van der Waals surface area contributed by atoms with E-state index < -0.39 is 46.0 Å². The Bertz CT molecular complexity index is 572. The summed E-state index contributed by atoms with van der Waals surface area (Å²) in [6, 6.07) is 2.33. The minimum atomic E-state index is -2.22. The number of benzene rings is 1. The van der Waals surface area contributed by atoms with Crippen LogP contribution in [0.3, 0.4) is 0 Å². The van der Waals surface area contributed by atoms with E-state index in [0.717, 1.165) is 19.1 Å². The van der Waals surface area contributed by atoms with Crippen LogP contribution in [0.1, 0.15) is 17.3 Å². The number of nitro benzene ring substituents is 1. The molecule has 1 aromatic carbocycles. The first kappa shape index (κ1) is 15.5. The van der Waals surface area contributed by atoms with Crippen molar-refractivity contribution in [2.24, 2.45) is 0 Å². The zero-order valence-electron chi connectivity index (χ0n) is 10.3. The molecule has 0 fully saturated rings. The van der Waals surface area contributed by atoms with Crippen molar-refractivity contribution in [3.05, 3.63) is 39.7 Å². The van der Waals surface area contributed by atoms with E-state index in [4.69, 9.17) is 5.11 Å². The van der Waals surface area contributed by atoms with Crippen molar-refractivity contribution >= 4 is 17.6 Å². The van der Waals surface area contributed by atoms with Crippen molar-refractivity contribution in [3.8, 4) is 0 Å². The lowest BCUT2D eigenvalue weighted by atomic mass is 10.1. The molecule has 0 aliphatic carbocycles. The summed E-state index contributed by atoms with van der Waals surface area (Å²) >= 11 is 0. The van der Waals surface area contributed by atoms with E-state index >= 15 is 0 Å². The number of aliphatic hydroxyl groups is 1. The summed E-state index contributed by atoms with van der Waals surface area (Å²) in [6.45, 7) is 0.296. The SMILES string of the molecule is CC(O)(CNC(=O)c1ccc(F)cc1[N+](=O)[O-])C(=O)O. The van der Waals surface area contributed by atoms with Gasteiger partial charge in [0.15, 0.2) is 5.60 Å². The standard InChI is InChI=1S/C11H11FN2O6/c1-11(18,10(16)17)5-13-9(15)7-3-2-6(12)4-8(7)14(19)20/h2-4,18H,5H2,1H3,(H,13,15)(H,16,17). The van der Waals surface area contributed by atoms with Gasteiger partial charge in [0, 0.05) is 0 Å². The number of rotatable bonds is 5. The van der Waals surface area contributed by atoms with Crippen molar-refractivity contribution in [2.75, 3.05) is 6.54 Å². The lowest BCUT2D eigenvalue weighted by molar-refractivity contribution is -0.385. The Hall–Kier alpha value is -2.55. The largest absolute Gasteiger partial charge is 0.479 e. The molecule has 1 aromatic rings. The molecule has 1 rings (SSSR count). The Balaban J connectivity index is 2.94. The fourth-order valence-corrected chi connectivity index (χ4v) is 1.27. The van der Waals surface area contributed by atoms with Gasteiger partial charge in [0.05, 0.1) is 17.5 Å². The first-order chi connectivity index (χ1) is 9.15. The molecule has 0 aliphatic heterocycles. The van der Waals surface area contributed by atoms with Crippen LogP contribution in [-0.2, 0) is 4.79 Å². The van der Waals surface area contributed by atoms with Gasteiger partial charge in [-0.3, -0.25) is 14.9 Å². The van der Waals surface area contributed by atoms with Gasteiger partial charge in [-0.1, -0.05) is 0 Å². The first-order valence-corrected chi connectivity index (χ1v) is 5.33. The molecule has 9 heteroatoms. The second kappa shape index (κ2) is 5.61. The third kappa shape index (κ3) is 3.48. The van der Waals surface area contributed by atoms with E-state index in [2.05, 4.69) is 0 Å². The van der Waals surface area contributed by atoms with E-state index in [1.165, 1.54) is 0 Å². The Morgan fingerprint density at radius 3 is 2.60 bits per heavy atom. The van der Waals surface area contributed by atoms with Crippen molar-refractivity contribution in [1.82, 2.24) is 5.32 Å². The average molecular weight is 286 g/mol. The summed E-state index contributed by atoms with van der Waals surface area (Å²) in [5, 5.41) is 30.8. The van der Waals surface area contributed by atoms with Gasteiger partial charge in [0.25, 0.3) is 11.6 Å². The number of carboxylic acid groups (broad SMARTS) is 1. The molecule has 0 saturated carbocycles. The summed E-state index contributed by atoms with van der Waals surface area (Å²) in [5.41, 5.74) is -3.40. The molecule has 0 aromatic heterocycles. The van der Waals surface area contributed by atoms with Crippen LogP contribution in [0.15, 0.2) is 18.2 Å². The van der Waals surface area contributed by atoms with Crippen molar-refractivity contribution in [2.45, 2.75) is 12.5 Å². The molecule has 0 aliphatic rings. The second-order valence-corrected chi connectivity index (χ2v) is 4.18. The van der Waals surface area contributed by atoms with Crippen LogP contribution in [0.4, 0.5) is 10.1 Å². The Morgan fingerprint density at radius 1 is 1.50 bits per heavy atom. The van der Waals surface area contributed by atoms with Crippen molar-refractivity contribution < 1.29 is 29.1 Å². The normalized spacial score (nSPS) is 13.3. The van der Waals surface area contributed by atoms with E-state index in [0.29, 0.717) is 6.07 Å². The smallest absolute Gasteiger partial charge is 0.337 e. The average Bonchev–Trinajstić information content (AvgIpc) is 2.35. The highest BCUT2D eigenvalue weighted by atomic mass is 19.1. The molecule has 3 N–H and O–H groups in total. The molecule has 0 spiro atoms. The van der Waals surface area contributed by atoms with Gasteiger partial charge >= 0.3 is 5.97 Å². The minimum Gasteiger partial charge on any atom is -0.479 e. The molecular formula is C11H11FN2O6. The molecular weight excluding hydrogens is 275 g/mol. The molecule has 8 nitrogen and oxygen atoms in total. The predicted octanol–water partition coefficient (Wildman–Crippen LogP) is 0.299. The molecule has 1 amide bonds. The van der Waals surface area contributed by atoms with Crippen LogP contribution in [0.2, 0.25) is 0 Å². The minimum absolute atomic E-state index is 0.433. The van der Waals surface area contributed by atoms with E-state index in [-0.39, 0.29) is 0 Å². The van der Waals surface area contributed by atoms with Crippen LogP contribution < -0.4 is 5.32 Å². The quantitative estimate of drug-likeness (QED) is 0.527. The highest BCUT2D eigenvalue weighted by molar-refractivity contribution is 5.98. The number of aliphatic carboxylic acids is 1. The van der Waals surface area contributed by atoms with E-state index in [1.807, 2.05) is 5.32 Å². The van der Waals surface area contributed by atoms with E-state index in [9.17, 15) is 29.2 Å². The number of nitrogens with zero attached hydrogens (tertiary/aromatic N) is 1. The first-order valence-electron chi connectivity index (χ1n) is 5.33. The molecule has 20 heavy (non-hydrogen) atoms. The van der Waals surface area contributed by atoms with Crippen molar-refractivity contribution in [1.29, 1.82) is 0 Å². The van der Waals surface area contributed by atoms with Crippen LogP contribution in [0.5, 0.6) is 0 Å². The molecule has 0 bridgehead atoms. The number of carbonyl (C=O) groups is 2. The summed E-state index contributed by atoms with van der Waals surface area (Å²) in [4.78, 5) is 32.1. The number of carbonyl (C=O) groups excluding carboxylic acids is 1. The van der Waals surface area contributed by atoms with Gasteiger partial charge < -0.3 is 15.5 Å². The molecule has 108 valence electrons. The fourth-order valence-electron chi connectivity index (χ4n) is 1.27. The van der Waals surface area contributed by atoms with Crippen LogP contribution in [0.25, 0.3) is 0 Å². The topological polar surface area (TPSA) is 130 Å². The van der Waals surface area contributed by atoms with Crippen LogP contribution in [-0.4, -0.2) is 39.2 Å². The van der Waals surface area contributed by atoms with Gasteiger partial charge in [-0.05, 0) is 19.1 Å². The maximum atomic E-state index is 12.9. The lowest BCUT2D eigenvalue weighted by Crippen LogP contribution is -2.46. The molecule has 0 radical (unpaired) electrons. The predicted molar refractivity (Wildman–Crippen MR) is 63.6 cm³/mol. The maximum absolute atomic E-state index is 12.9. The fraction of sp³-hybridized carbons (Fsp3) is 0.273. The molecule has 0 saturated heterocycles. The second-order valence-electron chi connectivity index (χ2n) is 4.18. The Labute approximate surface area is 112 Å². The number of carboxylic acids is 1. The highest BCUT2D eigenvalue weighted by Gasteiger charge is 2.31. The summed E-state index contributed by atoms with van der Waals surface area (Å²) in [6.07, 6.45) is 0. The Morgan fingerprint density at radius 2 is 2.10 bits per heavy atom. The molecule has 1 unspecified atom stereocenters. The highest BCUT2D eigenvalue weighted by Crippen LogP contribution is 2.19. The molecule has 1 atom stereocenters. The number of nitrogens with one attached hydrogen (secondary N) is 1. The molecule has 0 heterocycles. The summed E-state index contributed by atoms with van der Waals surface area (Å²) in [7, 11) is 0. The monoisotopic (exact) mass is 286 g/mol. The zero-order valence-corrected chi connectivity index (χ0v) is 10.3. The zero-order chi connectivity index (χ0) is 15.5. The van der Waals surface area contributed by atoms with Gasteiger partial charge in [-0.15, -0.1) is 0 Å². The van der Waals surface area contributed by atoms with Crippen LogP contribution in [0, 0.1) is 15.9 Å². The third-order valence-corrected chi connectivity index (χ3v) is 2.46. The number of hydrogen-bond acceptors (Lipinski definition) is 5. The number of halogens is 1. The van der Waals surface area contributed by atoms with Crippen LogP contribution >= 0.6 is 0 Å². The van der Waals surface area contributed by atoms with Crippen molar-refractivity contribution in [3.63, 3.8) is 0 Å². The van der Waals surface area contributed by atoms with Gasteiger partial charge in [-0.2, -0.15) is 0 Å². The number of nitro groups is 1.